The van der Waals surface area contributed by atoms with Crippen LogP contribution in [0.25, 0.3) is 0 Å². The van der Waals surface area contributed by atoms with Crippen molar-refractivity contribution in [1.82, 2.24) is 0 Å². The van der Waals surface area contributed by atoms with E-state index in [4.69, 9.17) is 15.6 Å². The van der Waals surface area contributed by atoms with E-state index in [2.05, 4.69) is 0 Å². The van der Waals surface area contributed by atoms with Crippen molar-refractivity contribution in [1.29, 1.82) is 0 Å². The van der Waals surface area contributed by atoms with Gasteiger partial charge >= 0.3 is 5.97 Å². The molecule has 0 amide bonds. The minimum Gasteiger partial charge on any atom is -0.489 e. The lowest BCUT2D eigenvalue weighted by molar-refractivity contribution is -0.148. The summed E-state index contributed by atoms with van der Waals surface area (Å²) in [5.74, 6) is -1.38. The highest BCUT2D eigenvalue weighted by molar-refractivity contribution is 5.73. The Morgan fingerprint density at radius 3 is 2.70 bits per heavy atom. The van der Waals surface area contributed by atoms with Crippen LogP contribution in [0.3, 0.4) is 0 Å². The molecule has 1 unspecified atom stereocenters. The molecular formula is C15H22FNO3. The average Bonchev–Trinajstić information content (AvgIpc) is 2.37. The summed E-state index contributed by atoms with van der Waals surface area (Å²) in [5.41, 5.74) is 5.47. The lowest BCUT2D eigenvalue weighted by Gasteiger charge is -2.21. The predicted octanol–water partition coefficient (Wildman–Crippen LogP) is 2.60. The lowest BCUT2D eigenvalue weighted by Crippen LogP contribution is -2.31. The molecule has 0 heterocycles. The summed E-state index contributed by atoms with van der Waals surface area (Å²) in [4.78, 5) is 11.0. The Morgan fingerprint density at radius 1 is 1.50 bits per heavy atom. The van der Waals surface area contributed by atoms with E-state index in [1.807, 2.05) is 6.92 Å². The first-order valence-electron chi connectivity index (χ1n) is 6.67. The van der Waals surface area contributed by atoms with E-state index in [1.165, 1.54) is 19.9 Å². The van der Waals surface area contributed by atoms with Crippen LogP contribution in [0.2, 0.25) is 0 Å². The third-order valence-corrected chi connectivity index (χ3v) is 3.21. The predicted molar refractivity (Wildman–Crippen MR) is 75.3 cm³/mol. The second-order valence-electron chi connectivity index (χ2n) is 5.58. The molecule has 0 spiro atoms. The quantitative estimate of drug-likeness (QED) is 0.806. The van der Waals surface area contributed by atoms with Crippen LogP contribution < -0.4 is 10.5 Å². The van der Waals surface area contributed by atoms with Crippen molar-refractivity contribution in [2.75, 3.05) is 6.61 Å². The third-order valence-electron chi connectivity index (χ3n) is 3.21. The molecule has 0 saturated carbocycles. The summed E-state index contributed by atoms with van der Waals surface area (Å²) in [6.07, 6.45) is 1.27. The van der Waals surface area contributed by atoms with E-state index in [-0.39, 0.29) is 18.4 Å². The van der Waals surface area contributed by atoms with Crippen molar-refractivity contribution in [3.8, 4) is 5.75 Å². The fourth-order valence-electron chi connectivity index (χ4n) is 1.62. The number of carbonyl (C=O) groups is 1. The van der Waals surface area contributed by atoms with Gasteiger partial charge in [0.05, 0.1) is 5.41 Å². The van der Waals surface area contributed by atoms with Gasteiger partial charge in [0.15, 0.2) is 11.6 Å². The summed E-state index contributed by atoms with van der Waals surface area (Å²) < 4.78 is 19.3. The Kier molecular flexibility index (Phi) is 5.51. The number of para-hydroxylation sites is 1. The summed E-state index contributed by atoms with van der Waals surface area (Å²) in [6, 6.07) is 4.57. The molecule has 0 radical (unpaired) electrons. The topological polar surface area (TPSA) is 72.5 Å². The minimum absolute atomic E-state index is 0.0772. The van der Waals surface area contributed by atoms with Gasteiger partial charge in [0.1, 0.15) is 6.61 Å². The molecule has 1 atom stereocenters. The smallest absolute Gasteiger partial charge is 0.312 e. The number of carboxylic acids is 1. The fourth-order valence-corrected chi connectivity index (χ4v) is 1.62. The SMILES string of the molecule is CCC(N)Cc1cccc(F)c1OCC(C)(C)C(=O)O. The second kappa shape index (κ2) is 6.70. The number of halogens is 1. The van der Waals surface area contributed by atoms with Crippen LogP contribution in [-0.4, -0.2) is 23.7 Å². The van der Waals surface area contributed by atoms with Gasteiger partial charge < -0.3 is 15.6 Å². The Hall–Kier alpha value is -1.62. The summed E-state index contributed by atoms with van der Waals surface area (Å²) in [7, 11) is 0. The molecular weight excluding hydrogens is 261 g/mol. The number of benzene rings is 1. The average molecular weight is 283 g/mol. The van der Waals surface area contributed by atoms with E-state index in [1.54, 1.807) is 12.1 Å². The van der Waals surface area contributed by atoms with Gasteiger partial charge in [-0.25, -0.2) is 4.39 Å². The molecule has 0 fully saturated rings. The molecule has 1 aromatic carbocycles. The van der Waals surface area contributed by atoms with E-state index in [0.29, 0.717) is 12.0 Å². The minimum atomic E-state index is -1.08. The van der Waals surface area contributed by atoms with Crippen LogP contribution in [0.5, 0.6) is 5.75 Å². The molecule has 4 nitrogen and oxygen atoms in total. The van der Waals surface area contributed by atoms with Gasteiger partial charge in [-0.15, -0.1) is 0 Å². The Morgan fingerprint density at radius 2 is 2.15 bits per heavy atom. The molecule has 3 N–H and O–H groups in total. The van der Waals surface area contributed by atoms with E-state index in [9.17, 15) is 9.18 Å². The van der Waals surface area contributed by atoms with E-state index in [0.717, 1.165) is 6.42 Å². The number of aliphatic carboxylic acids is 1. The van der Waals surface area contributed by atoms with Gasteiger partial charge in [-0.2, -0.15) is 0 Å². The maximum Gasteiger partial charge on any atom is 0.312 e. The highest BCUT2D eigenvalue weighted by Crippen LogP contribution is 2.26. The molecule has 5 heteroatoms. The lowest BCUT2D eigenvalue weighted by atomic mass is 9.95. The molecule has 0 bridgehead atoms. The van der Waals surface area contributed by atoms with Gasteiger partial charge in [0.25, 0.3) is 0 Å². The third kappa shape index (κ3) is 4.20. The van der Waals surface area contributed by atoms with Gasteiger partial charge in [-0.3, -0.25) is 4.79 Å². The first-order valence-corrected chi connectivity index (χ1v) is 6.67. The zero-order valence-electron chi connectivity index (χ0n) is 12.1. The van der Waals surface area contributed by atoms with Crippen molar-refractivity contribution in [2.45, 2.75) is 39.7 Å². The molecule has 0 aliphatic carbocycles. The standard InChI is InChI=1S/C15H22FNO3/c1-4-11(17)8-10-6-5-7-12(16)13(10)20-9-15(2,3)14(18)19/h5-7,11H,4,8-9,17H2,1-3H3,(H,18,19). The zero-order valence-corrected chi connectivity index (χ0v) is 12.1. The Bertz CT molecular complexity index is 474. The van der Waals surface area contributed by atoms with Crippen molar-refractivity contribution in [2.24, 2.45) is 11.1 Å². The highest BCUT2D eigenvalue weighted by Gasteiger charge is 2.29. The van der Waals surface area contributed by atoms with Crippen molar-refractivity contribution in [3.05, 3.63) is 29.6 Å². The van der Waals surface area contributed by atoms with Crippen LogP contribution in [0.4, 0.5) is 4.39 Å². The molecule has 0 saturated heterocycles. The molecule has 0 aliphatic heterocycles. The van der Waals surface area contributed by atoms with Crippen molar-refractivity contribution < 1.29 is 19.0 Å². The number of carboxylic acid groups (broad SMARTS) is 1. The monoisotopic (exact) mass is 283 g/mol. The van der Waals surface area contributed by atoms with Crippen LogP contribution in [0, 0.1) is 11.2 Å². The van der Waals surface area contributed by atoms with E-state index < -0.39 is 17.2 Å². The number of nitrogens with two attached hydrogens (primary N) is 1. The number of hydrogen-bond donors (Lipinski definition) is 2. The number of rotatable bonds is 7. The number of ether oxygens (including phenoxy) is 1. The van der Waals surface area contributed by atoms with Crippen LogP contribution in [0.1, 0.15) is 32.8 Å². The van der Waals surface area contributed by atoms with Crippen molar-refractivity contribution >= 4 is 5.97 Å². The zero-order chi connectivity index (χ0) is 15.3. The van der Waals surface area contributed by atoms with Crippen LogP contribution in [-0.2, 0) is 11.2 Å². The van der Waals surface area contributed by atoms with Gasteiger partial charge in [-0.05, 0) is 38.3 Å². The fraction of sp³-hybridized carbons (Fsp3) is 0.533. The molecule has 112 valence electrons. The highest BCUT2D eigenvalue weighted by atomic mass is 19.1. The Labute approximate surface area is 118 Å². The summed E-state index contributed by atoms with van der Waals surface area (Å²) >= 11 is 0. The maximum absolute atomic E-state index is 13.9. The summed E-state index contributed by atoms with van der Waals surface area (Å²) in [6.45, 7) is 4.93. The summed E-state index contributed by atoms with van der Waals surface area (Å²) in [5, 5.41) is 9.05. The maximum atomic E-state index is 13.9. The van der Waals surface area contributed by atoms with Gasteiger partial charge in [-0.1, -0.05) is 19.1 Å². The number of hydrogen-bond acceptors (Lipinski definition) is 3. The molecule has 20 heavy (non-hydrogen) atoms. The molecule has 0 aromatic heterocycles. The largest absolute Gasteiger partial charge is 0.489 e. The van der Waals surface area contributed by atoms with Gasteiger partial charge in [0.2, 0.25) is 0 Å². The Balaban J connectivity index is 2.91. The normalized spacial score (nSPS) is 13.1. The first-order chi connectivity index (χ1) is 9.27. The van der Waals surface area contributed by atoms with Crippen molar-refractivity contribution in [3.63, 3.8) is 0 Å². The molecule has 1 rings (SSSR count). The molecule has 1 aromatic rings. The first kappa shape index (κ1) is 16.4. The van der Waals surface area contributed by atoms with Crippen LogP contribution in [0.15, 0.2) is 18.2 Å². The molecule has 0 aliphatic rings. The second-order valence-corrected chi connectivity index (χ2v) is 5.58. The van der Waals surface area contributed by atoms with Gasteiger partial charge in [0, 0.05) is 6.04 Å². The van der Waals surface area contributed by atoms with Crippen LogP contribution >= 0.6 is 0 Å². The van der Waals surface area contributed by atoms with E-state index >= 15 is 0 Å².